The van der Waals surface area contributed by atoms with E-state index in [2.05, 4.69) is 0 Å². The van der Waals surface area contributed by atoms with Gasteiger partial charge in [-0.15, -0.1) is 0 Å². The Bertz CT molecular complexity index is 91.7. The van der Waals surface area contributed by atoms with Crippen LogP contribution in [0.4, 0.5) is 0 Å². The van der Waals surface area contributed by atoms with Gasteiger partial charge in [-0.05, 0) is 0 Å². The maximum atomic E-state index is 8.74. The minimum Gasteiger partial charge on any atom is -0.412 e. The number of hydrogen-bond donors (Lipinski definition) is 2. The summed E-state index contributed by atoms with van der Waals surface area (Å²) in [7, 11) is -4.67. The van der Waals surface area contributed by atoms with E-state index in [0.717, 1.165) is 0 Å². The van der Waals surface area contributed by atoms with E-state index in [1.165, 1.54) is 0 Å². The van der Waals surface area contributed by atoms with Crippen molar-refractivity contribution in [3.8, 4) is 0 Å². The molecule has 0 aliphatic carbocycles. The first kappa shape index (κ1) is 23.7. The summed E-state index contributed by atoms with van der Waals surface area (Å²) in [4.78, 5) is 0. The summed E-state index contributed by atoms with van der Waals surface area (Å²) in [5, 5.41) is 0. The molecular weight excluding hydrogens is 193 g/mol. The van der Waals surface area contributed by atoms with E-state index in [9.17, 15) is 0 Å². The summed E-state index contributed by atoms with van der Waals surface area (Å²) in [6, 6.07) is 0. The van der Waals surface area contributed by atoms with Gasteiger partial charge in [-0.25, -0.2) is 0 Å². The summed E-state index contributed by atoms with van der Waals surface area (Å²) in [6.45, 7) is 0. The molecular formula is H6O6SZn. The van der Waals surface area contributed by atoms with Crippen LogP contribution in [0.3, 0.4) is 0 Å². The van der Waals surface area contributed by atoms with Gasteiger partial charge in [0.05, 0.1) is 0 Å². The van der Waals surface area contributed by atoms with Crippen LogP contribution in [0.1, 0.15) is 0 Å². The van der Waals surface area contributed by atoms with Crippen LogP contribution in [-0.2, 0) is 29.9 Å². The zero-order valence-electron chi connectivity index (χ0n) is 3.83. The second kappa shape index (κ2) is 7.41. The van der Waals surface area contributed by atoms with Gasteiger partial charge in [0, 0.05) is 19.5 Å². The summed E-state index contributed by atoms with van der Waals surface area (Å²) in [5.74, 6) is 0. The molecule has 0 aromatic heterocycles. The number of rotatable bonds is 0. The predicted molar refractivity (Wildman–Crippen MR) is 21.4 cm³/mol. The molecule has 8 heteroatoms. The van der Waals surface area contributed by atoms with Crippen molar-refractivity contribution < 1.29 is 48.0 Å². The van der Waals surface area contributed by atoms with Crippen molar-refractivity contribution in [2.45, 2.75) is 0 Å². The van der Waals surface area contributed by atoms with Crippen LogP contribution < -0.4 is 0 Å². The third-order valence-electron chi connectivity index (χ3n) is 0. The average Bonchev–Trinajstić information content (AvgIpc) is 0.722. The first-order valence-corrected chi connectivity index (χ1v) is 2.10. The van der Waals surface area contributed by atoms with Gasteiger partial charge in [-0.3, -0.25) is 9.11 Å². The van der Waals surface area contributed by atoms with E-state index in [-0.39, 0.29) is 30.4 Å². The maximum absolute atomic E-state index is 8.74. The fourth-order valence-electron chi connectivity index (χ4n) is 0. The number of hydrogen-bond acceptors (Lipinski definition) is 2. The smallest absolute Gasteiger partial charge is 0.394 e. The molecule has 0 aliphatic rings. The predicted octanol–water partition coefficient (Wildman–Crippen LogP) is -2.30. The van der Waals surface area contributed by atoms with Crippen LogP contribution in [0.2, 0.25) is 0 Å². The van der Waals surface area contributed by atoms with E-state index in [0.29, 0.717) is 0 Å². The molecule has 0 fully saturated rings. The minimum absolute atomic E-state index is 0. The second-order valence-corrected chi connectivity index (χ2v) is 1.34. The first-order valence-electron chi connectivity index (χ1n) is 0.698. The van der Waals surface area contributed by atoms with Gasteiger partial charge < -0.3 is 11.0 Å². The van der Waals surface area contributed by atoms with Crippen molar-refractivity contribution in [3.05, 3.63) is 0 Å². The summed E-state index contributed by atoms with van der Waals surface area (Å²) >= 11 is 0. The van der Waals surface area contributed by atoms with Gasteiger partial charge >= 0.3 is 10.4 Å². The topological polar surface area (TPSA) is 138 Å². The molecule has 0 bridgehead atoms. The van der Waals surface area contributed by atoms with Crippen LogP contribution in [0.5, 0.6) is 0 Å². The molecule has 0 aromatic rings. The van der Waals surface area contributed by atoms with Crippen LogP contribution in [0.15, 0.2) is 0 Å². The third kappa shape index (κ3) is 1100. The van der Waals surface area contributed by atoms with Gasteiger partial charge in [0.25, 0.3) is 0 Å². The van der Waals surface area contributed by atoms with Crippen LogP contribution in [0.25, 0.3) is 0 Å². The maximum Gasteiger partial charge on any atom is 0.394 e. The molecule has 0 spiro atoms. The Morgan fingerprint density at radius 2 is 1.00 bits per heavy atom. The Balaban J connectivity index is -0.0000000267. The fourth-order valence-corrected chi connectivity index (χ4v) is 0. The molecule has 6 N–H and O–H groups in total. The Kier molecular flexibility index (Phi) is 22.0. The Hall–Kier alpha value is 0.413. The standard InChI is InChI=1S/H2O4S.2H2O.Zn/c1-5(2,3)4;;;/h(H2,1,2,3,4);2*1H2;. The Morgan fingerprint density at radius 1 is 1.00 bits per heavy atom. The van der Waals surface area contributed by atoms with Crippen molar-refractivity contribution in [1.29, 1.82) is 0 Å². The average molecular weight is 199 g/mol. The summed E-state index contributed by atoms with van der Waals surface area (Å²) < 4.78 is 31.6. The Morgan fingerprint density at radius 3 is 1.00 bits per heavy atom. The van der Waals surface area contributed by atoms with Crippen molar-refractivity contribution >= 4 is 10.4 Å². The molecule has 0 unspecified atom stereocenters. The first-order chi connectivity index (χ1) is 2.00. The molecule has 0 saturated heterocycles. The SMILES string of the molecule is O.O.O=S(=O)(O)O.[Zn]. The van der Waals surface area contributed by atoms with E-state index in [1.807, 2.05) is 0 Å². The van der Waals surface area contributed by atoms with Crippen LogP contribution >= 0.6 is 0 Å². The molecule has 0 rings (SSSR count). The summed E-state index contributed by atoms with van der Waals surface area (Å²) in [5.41, 5.74) is 0. The fraction of sp³-hybridized carbons (Fsp3) is 0. The molecule has 0 radical (unpaired) electrons. The van der Waals surface area contributed by atoms with Crippen molar-refractivity contribution in [1.82, 2.24) is 0 Å². The molecule has 8 heavy (non-hydrogen) atoms. The van der Waals surface area contributed by atoms with E-state index >= 15 is 0 Å². The van der Waals surface area contributed by atoms with Crippen molar-refractivity contribution in [2.24, 2.45) is 0 Å². The Labute approximate surface area is 58.9 Å². The summed E-state index contributed by atoms with van der Waals surface area (Å²) in [6.07, 6.45) is 0. The largest absolute Gasteiger partial charge is 0.412 e. The third-order valence-corrected chi connectivity index (χ3v) is 0. The van der Waals surface area contributed by atoms with Gasteiger partial charge in [0.1, 0.15) is 0 Å². The molecule has 50 valence electrons. The van der Waals surface area contributed by atoms with Gasteiger partial charge in [0.15, 0.2) is 0 Å². The van der Waals surface area contributed by atoms with E-state index in [4.69, 9.17) is 17.5 Å². The molecule has 0 heterocycles. The zero-order valence-corrected chi connectivity index (χ0v) is 7.61. The van der Waals surface area contributed by atoms with Crippen molar-refractivity contribution in [3.63, 3.8) is 0 Å². The van der Waals surface area contributed by atoms with E-state index in [1.54, 1.807) is 0 Å². The molecule has 0 aromatic carbocycles. The van der Waals surface area contributed by atoms with Crippen LogP contribution in [-0.4, -0.2) is 28.5 Å². The van der Waals surface area contributed by atoms with E-state index < -0.39 is 10.4 Å². The normalized spacial score (nSPS) is 7.25. The molecule has 0 amide bonds. The molecule has 6 nitrogen and oxygen atoms in total. The van der Waals surface area contributed by atoms with Gasteiger partial charge in [-0.2, -0.15) is 8.42 Å². The second-order valence-electron chi connectivity index (χ2n) is 0.448. The van der Waals surface area contributed by atoms with Gasteiger partial charge in [-0.1, -0.05) is 0 Å². The van der Waals surface area contributed by atoms with Crippen molar-refractivity contribution in [2.75, 3.05) is 0 Å². The zero-order chi connectivity index (χ0) is 4.50. The molecule has 0 aliphatic heterocycles. The monoisotopic (exact) mass is 198 g/mol. The van der Waals surface area contributed by atoms with Gasteiger partial charge in [0.2, 0.25) is 0 Å². The molecule has 0 atom stereocenters. The quantitative estimate of drug-likeness (QED) is 0.334. The van der Waals surface area contributed by atoms with Crippen LogP contribution in [0, 0.1) is 0 Å². The molecule has 0 saturated carbocycles. The minimum atomic E-state index is -4.67.